The summed E-state index contributed by atoms with van der Waals surface area (Å²) in [5.74, 6) is 0. The van der Waals surface area contributed by atoms with Gasteiger partial charge in [-0.25, -0.2) is 0 Å². The smallest absolute Gasteiger partial charge is 0.0599 e. The maximum atomic E-state index is 9.48. The minimum Gasteiger partial charge on any atom is -0.395 e. The van der Waals surface area contributed by atoms with Gasteiger partial charge in [-0.15, -0.1) is 0 Å². The number of hydrogen-bond acceptors (Lipinski definition) is 3. The van der Waals surface area contributed by atoms with Crippen molar-refractivity contribution in [3.63, 3.8) is 0 Å². The van der Waals surface area contributed by atoms with E-state index in [4.69, 9.17) is 0 Å². The van der Waals surface area contributed by atoms with Gasteiger partial charge in [-0.3, -0.25) is 4.90 Å². The lowest BCUT2D eigenvalue weighted by Gasteiger charge is -2.44. The molecular weight excluding hydrogens is 224 g/mol. The molecule has 1 aromatic carbocycles. The van der Waals surface area contributed by atoms with E-state index in [1.54, 1.807) is 0 Å². The van der Waals surface area contributed by atoms with E-state index >= 15 is 0 Å². The molecule has 0 aromatic heterocycles. The van der Waals surface area contributed by atoms with Crippen LogP contribution >= 0.6 is 0 Å². The lowest BCUT2D eigenvalue weighted by Crippen LogP contribution is -2.62. The summed E-state index contributed by atoms with van der Waals surface area (Å²) in [6, 6.07) is 8.83. The molecule has 1 saturated heterocycles. The van der Waals surface area contributed by atoms with Crippen LogP contribution in [0.25, 0.3) is 0 Å². The molecule has 1 heterocycles. The normalized spacial score (nSPS) is 24.1. The highest BCUT2D eigenvalue weighted by Gasteiger charge is 2.31. The molecule has 0 spiro atoms. The van der Waals surface area contributed by atoms with Crippen LogP contribution in [-0.4, -0.2) is 41.3 Å². The van der Waals surface area contributed by atoms with Crippen molar-refractivity contribution in [2.24, 2.45) is 0 Å². The molecule has 0 radical (unpaired) electrons. The highest BCUT2D eigenvalue weighted by atomic mass is 16.3. The summed E-state index contributed by atoms with van der Waals surface area (Å²) in [7, 11) is 0. The van der Waals surface area contributed by atoms with Gasteiger partial charge in [0.15, 0.2) is 0 Å². The van der Waals surface area contributed by atoms with Gasteiger partial charge in [0.05, 0.1) is 6.61 Å². The third kappa shape index (κ3) is 3.31. The van der Waals surface area contributed by atoms with Gasteiger partial charge < -0.3 is 10.4 Å². The lowest BCUT2D eigenvalue weighted by molar-refractivity contribution is 0.0513. The second-order valence-electron chi connectivity index (χ2n) is 6.00. The van der Waals surface area contributed by atoms with E-state index in [-0.39, 0.29) is 18.2 Å². The molecule has 2 rings (SSSR count). The van der Waals surface area contributed by atoms with E-state index in [0.29, 0.717) is 0 Å². The summed E-state index contributed by atoms with van der Waals surface area (Å²) in [6.45, 7) is 9.50. The second kappa shape index (κ2) is 5.39. The standard InChI is InChI=1S/C15H24N2O/c1-12-5-4-6-13(7-12)9-17-11-15(2,3)16-8-14(17)10-18/h4-7,14,16,18H,8-11H2,1-3H3. The molecule has 1 aliphatic rings. The minimum atomic E-state index is 0.121. The van der Waals surface area contributed by atoms with Crippen molar-refractivity contribution in [2.45, 2.75) is 38.9 Å². The van der Waals surface area contributed by atoms with Crippen LogP contribution in [0.15, 0.2) is 24.3 Å². The summed E-state index contributed by atoms with van der Waals surface area (Å²) < 4.78 is 0. The predicted molar refractivity (Wildman–Crippen MR) is 74.5 cm³/mol. The van der Waals surface area contributed by atoms with E-state index in [0.717, 1.165) is 19.6 Å². The monoisotopic (exact) mass is 248 g/mol. The van der Waals surface area contributed by atoms with Gasteiger partial charge in [0.1, 0.15) is 0 Å². The largest absolute Gasteiger partial charge is 0.395 e. The summed E-state index contributed by atoms with van der Waals surface area (Å²) in [5, 5.41) is 13.0. The quantitative estimate of drug-likeness (QED) is 0.852. The summed E-state index contributed by atoms with van der Waals surface area (Å²) in [6.07, 6.45) is 0. The third-order valence-electron chi connectivity index (χ3n) is 3.61. The molecule has 1 atom stereocenters. The Morgan fingerprint density at radius 2 is 2.22 bits per heavy atom. The Kier molecular flexibility index (Phi) is 4.05. The van der Waals surface area contributed by atoms with Crippen molar-refractivity contribution in [3.05, 3.63) is 35.4 Å². The highest BCUT2D eigenvalue weighted by Crippen LogP contribution is 2.18. The van der Waals surface area contributed by atoms with Crippen molar-refractivity contribution >= 4 is 0 Å². The molecule has 1 aromatic rings. The fourth-order valence-electron chi connectivity index (χ4n) is 2.63. The van der Waals surface area contributed by atoms with E-state index in [1.807, 2.05) is 0 Å². The van der Waals surface area contributed by atoms with Crippen LogP contribution < -0.4 is 5.32 Å². The van der Waals surface area contributed by atoms with Gasteiger partial charge in [-0.05, 0) is 26.3 Å². The molecule has 0 saturated carbocycles. The molecule has 0 bridgehead atoms. The van der Waals surface area contributed by atoms with Gasteiger partial charge >= 0.3 is 0 Å². The molecule has 1 aliphatic heterocycles. The van der Waals surface area contributed by atoms with Crippen LogP contribution in [0.3, 0.4) is 0 Å². The number of piperazine rings is 1. The van der Waals surface area contributed by atoms with Gasteiger partial charge in [0.2, 0.25) is 0 Å². The first-order valence-corrected chi connectivity index (χ1v) is 6.66. The number of aliphatic hydroxyl groups is 1. The summed E-state index contributed by atoms with van der Waals surface area (Å²) >= 11 is 0. The SMILES string of the molecule is Cc1cccc(CN2CC(C)(C)NCC2CO)c1. The van der Waals surface area contributed by atoms with Gasteiger partial charge in [0.25, 0.3) is 0 Å². The number of rotatable bonds is 3. The molecule has 1 fully saturated rings. The molecule has 1 unspecified atom stereocenters. The second-order valence-corrected chi connectivity index (χ2v) is 6.00. The number of nitrogens with zero attached hydrogens (tertiary/aromatic N) is 1. The third-order valence-corrected chi connectivity index (χ3v) is 3.61. The Morgan fingerprint density at radius 3 is 2.89 bits per heavy atom. The molecule has 0 aliphatic carbocycles. The summed E-state index contributed by atoms with van der Waals surface area (Å²) in [5.41, 5.74) is 2.74. The van der Waals surface area contributed by atoms with E-state index in [2.05, 4.69) is 55.3 Å². The topological polar surface area (TPSA) is 35.5 Å². The van der Waals surface area contributed by atoms with Crippen LogP contribution in [0.4, 0.5) is 0 Å². The first kappa shape index (κ1) is 13.5. The molecular formula is C15H24N2O. The molecule has 3 heteroatoms. The Labute approximate surface area is 110 Å². The fraction of sp³-hybridized carbons (Fsp3) is 0.600. The number of benzene rings is 1. The Hall–Kier alpha value is -0.900. The predicted octanol–water partition coefficient (Wildman–Crippen LogP) is 1.54. The van der Waals surface area contributed by atoms with Crippen molar-refractivity contribution < 1.29 is 5.11 Å². The highest BCUT2D eigenvalue weighted by molar-refractivity contribution is 5.22. The average molecular weight is 248 g/mol. The van der Waals surface area contributed by atoms with Gasteiger partial charge in [-0.1, -0.05) is 29.8 Å². The number of nitrogens with one attached hydrogen (secondary N) is 1. The van der Waals surface area contributed by atoms with Crippen LogP contribution in [-0.2, 0) is 6.54 Å². The first-order chi connectivity index (χ1) is 8.50. The van der Waals surface area contributed by atoms with Crippen molar-refractivity contribution in [2.75, 3.05) is 19.7 Å². The fourth-order valence-corrected chi connectivity index (χ4v) is 2.63. The maximum absolute atomic E-state index is 9.48. The van der Waals surface area contributed by atoms with Crippen molar-refractivity contribution in [1.29, 1.82) is 0 Å². The van der Waals surface area contributed by atoms with E-state index in [1.165, 1.54) is 11.1 Å². The number of aliphatic hydroxyl groups excluding tert-OH is 1. The average Bonchev–Trinajstić information content (AvgIpc) is 2.28. The van der Waals surface area contributed by atoms with E-state index < -0.39 is 0 Å². The molecule has 100 valence electrons. The Balaban J connectivity index is 2.09. The van der Waals surface area contributed by atoms with Crippen molar-refractivity contribution in [3.8, 4) is 0 Å². The molecule has 0 amide bonds. The van der Waals surface area contributed by atoms with E-state index in [9.17, 15) is 5.11 Å². The van der Waals surface area contributed by atoms with Crippen molar-refractivity contribution in [1.82, 2.24) is 10.2 Å². The van der Waals surface area contributed by atoms with Crippen LogP contribution in [0.1, 0.15) is 25.0 Å². The van der Waals surface area contributed by atoms with Crippen LogP contribution in [0.2, 0.25) is 0 Å². The summed E-state index contributed by atoms with van der Waals surface area (Å²) in [4.78, 5) is 2.38. The zero-order chi connectivity index (χ0) is 13.2. The Morgan fingerprint density at radius 1 is 1.44 bits per heavy atom. The molecule has 2 N–H and O–H groups in total. The first-order valence-electron chi connectivity index (χ1n) is 6.66. The molecule has 18 heavy (non-hydrogen) atoms. The van der Waals surface area contributed by atoms with Crippen LogP contribution in [0, 0.1) is 6.92 Å². The minimum absolute atomic E-state index is 0.121. The zero-order valence-electron chi connectivity index (χ0n) is 11.6. The Bertz CT molecular complexity index is 403. The molecule has 3 nitrogen and oxygen atoms in total. The lowest BCUT2D eigenvalue weighted by atomic mass is 9.98. The van der Waals surface area contributed by atoms with Crippen LogP contribution in [0.5, 0.6) is 0 Å². The maximum Gasteiger partial charge on any atom is 0.0599 e. The van der Waals surface area contributed by atoms with Gasteiger partial charge in [0, 0.05) is 31.2 Å². The number of hydrogen-bond donors (Lipinski definition) is 2. The zero-order valence-corrected chi connectivity index (χ0v) is 11.6. The number of aryl methyl sites for hydroxylation is 1. The van der Waals surface area contributed by atoms with Gasteiger partial charge in [-0.2, -0.15) is 0 Å².